The third kappa shape index (κ3) is 7.46. The van der Waals surface area contributed by atoms with Crippen LogP contribution in [0.4, 0.5) is 5.69 Å². The average molecular weight is 744 g/mol. The zero-order chi connectivity index (χ0) is 36.6. The van der Waals surface area contributed by atoms with E-state index in [-0.39, 0.29) is 11.3 Å². The van der Waals surface area contributed by atoms with Crippen LogP contribution < -0.4 is 19.5 Å². The molecule has 53 heavy (non-hydrogen) atoms. The van der Waals surface area contributed by atoms with E-state index in [4.69, 9.17) is 30.5 Å². The lowest BCUT2D eigenvalue weighted by Gasteiger charge is -2.47. The van der Waals surface area contributed by atoms with Crippen LogP contribution in [0, 0.1) is 17.8 Å². The molecule has 8 rings (SSSR count). The fraction of sp³-hybridized carbons (Fsp3) is 0.581. The summed E-state index contributed by atoms with van der Waals surface area (Å²) in [7, 11) is 0. The summed E-state index contributed by atoms with van der Waals surface area (Å²) in [4.78, 5) is 20.2. The third-order valence-corrected chi connectivity index (χ3v) is 13.2. The molecule has 9 nitrogen and oxygen atoms in total. The number of aromatic nitrogens is 1. The molecule has 10 heteroatoms. The van der Waals surface area contributed by atoms with Gasteiger partial charge in [-0.05, 0) is 128 Å². The van der Waals surface area contributed by atoms with Gasteiger partial charge in [-0.2, -0.15) is 0 Å². The molecule has 2 fully saturated rings. The highest BCUT2D eigenvalue weighted by molar-refractivity contribution is 6.30. The number of rotatable bonds is 10. The van der Waals surface area contributed by atoms with Crippen LogP contribution in [0.25, 0.3) is 0 Å². The van der Waals surface area contributed by atoms with Crippen LogP contribution >= 0.6 is 11.6 Å². The van der Waals surface area contributed by atoms with Gasteiger partial charge in [0.1, 0.15) is 11.3 Å². The molecule has 0 bridgehead atoms. The SMILES string of the molecule is C[C@@H](COc1ccnc2c1[C@H](C)CCC2)C[C@H]1Cc2cc3c(cc2C12CCC(Nc1cccc(Cl)c1)(C(=O)O)CC2)OCC(CN1CCOCC1)CO3. The molecule has 3 aromatic rings. The van der Waals surface area contributed by atoms with Gasteiger partial charge in [0, 0.05) is 53.7 Å². The fourth-order valence-electron chi connectivity index (χ4n) is 10.1. The second-order valence-electron chi connectivity index (χ2n) is 16.6. The predicted octanol–water partition coefficient (Wildman–Crippen LogP) is 7.92. The highest BCUT2D eigenvalue weighted by atomic mass is 35.5. The molecule has 284 valence electrons. The van der Waals surface area contributed by atoms with Gasteiger partial charge in [-0.15, -0.1) is 0 Å². The quantitative estimate of drug-likeness (QED) is 0.215. The number of hydrogen-bond acceptors (Lipinski definition) is 8. The molecule has 2 aromatic carbocycles. The fourth-order valence-corrected chi connectivity index (χ4v) is 10.2. The van der Waals surface area contributed by atoms with Gasteiger partial charge in [-0.3, -0.25) is 9.88 Å². The Kier molecular flexibility index (Phi) is 10.5. The number of anilines is 1. The van der Waals surface area contributed by atoms with Crippen LogP contribution in [0.15, 0.2) is 48.7 Å². The number of nitrogens with one attached hydrogen (secondary N) is 1. The summed E-state index contributed by atoms with van der Waals surface area (Å²) in [5.74, 6) is 3.18. The molecule has 2 N–H and O–H groups in total. The molecular formula is C43H54ClN3O6. The zero-order valence-corrected chi connectivity index (χ0v) is 32.0. The lowest BCUT2D eigenvalue weighted by atomic mass is 9.59. The van der Waals surface area contributed by atoms with Crippen LogP contribution in [0.2, 0.25) is 5.02 Å². The van der Waals surface area contributed by atoms with Gasteiger partial charge in [-0.25, -0.2) is 4.79 Å². The molecule has 1 spiro atoms. The number of nitrogens with zero attached hydrogens (tertiary/aromatic N) is 2. The summed E-state index contributed by atoms with van der Waals surface area (Å²) in [6.07, 6.45) is 9.70. The second-order valence-corrected chi connectivity index (χ2v) is 17.0. The number of morpholine rings is 1. The Morgan fingerprint density at radius 2 is 1.87 bits per heavy atom. The molecule has 3 heterocycles. The Bertz CT molecular complexity index is 1790. The van der Waals surface area contributed by atoms with Crippen molar-refractivity contribution in [1.29, 1.82) is 0 Å². The maximum Gasteiger partial charge on any atom is 0.329 e. The van der Waals surface area contributed by atoms with Crippen molar-refractivity contribution in [2.24, 2.45) is 17.8 Å². The maximum absolute atomic E-state index is 13.1. The summed E-state index contributed by atoms with van der Waals surface area (Å²) in [5.41, 5.74) is 4.57. The number of fused-ring (bicyclic) bond motifs is 4. The highest BCUT2D eigenvalue weighted by Gasteiger charge is 2.54. The number of carboxylic acid groups (broad SMARTS) is 1. The predicted molar refractivity (Wildman–Crippen MR) is 206 cm³/mol. The van der Waals surface area contributed by atoms with Crippen molar-refractivity contribution in [1.82, 2.24) is 9.88 Å². The van der Waals surface area contributed by atoms with Crippen molar-refractivity contribution >= 4 is 23.3 Å². The summed E-state index contributed by atoms with van der Waals surface area (Å²) in [6, 6.07) is 13.9. The second kappa shape index (κ2) is 15.3. The van der Waals surface area contributed by atoms with E-state index in [0.29, 0.717) is 55.4 Å². The molecule has 1 saturated heterocycles. The van der Waals surface area contributed by atoms with Crippen molar-refractivity contribution < 1.29 is 28.8 Å². The number of carboxylic acids is 1. The Morgan fingerprint density at radius 3 is 2.62 bits per heavy atom. The standard InChI is InChI=1S/C43H54ClN3O6/c1-28(25-51-37-9-14-45-36-8-3-5-29(2)40(36)37)19-32-20-31-21-38-39(53-27-30(26-52-38)24-47-15-17-50-18-16-47)23-35(31)42(32)10-12-43(13-11-42,41(48)49)46-34-7-4-6-33(44)22-34/h4,6-7,9,14,21-23,28-30,32,46H,3,5,8,10-13,15-20,24-27H2,1-2H3,(H,48,49)/t28-,29-,30?,32+,42?,43?/m1/s1. The van der Waals surface area contributed by atoms with E-state index in [1.54, 1.807) is 0 Å². The van der Waals surface area contributed by atoms with Crippen molar-refractivity contribution in [2.45, 2.75) is 88.5 Å². The van der Waals surface area contributed by atoms with Crippen LogP contribution in [0.5, 0.6) is 17.2 Å². The van der Waals surface area contributed by atoms with Crippen LogP contribution in [0.1, 0.15) is 87.1 Å². The smallest absolute Gasteiger partial charge is 0.329 e. The van der Waals surface area contributed by atoms with Gasteiger partial charge < -0.3 is 29.4 Å². The van der Waals surface area contributed by atoms with E-state index < -0.39 is 11.5 Å². The summed E-state index contributed by atoms with van der Waals surface area (Å²) in [5, 5.41) is 14.7. The first-order valence-electron chi connectivity index (χ1n) is 19.8. The van der Waals surface area contributed by atoms with E-state index in [9.17, 15) is 9.90 Å². The molecule has 2 aliphatic heterocycles. The first kappa shape index (κ1) is 36.4. The minimum Gasteiger partial charge on any atom is -0.493 e. The zero-order valence-electron chi connectivity index (χ0n) is 31.2. The minimum atomic E-state index is -1.08. The number of pyridine rings is 1. The van der Waals surface area contributed by atoms with Crippen LogP contribution in [0.3, 0.4) is 0 Å². The third-order valence-electron chi connectivity index (χ3n) is 12.9. The molecule has 4 atom stereocenters. The van der Waals surface area contributed by atoms with Gasteiger partial charge in [0.15, 0.2) is 11.5 Å². The van der Waals surface area contributed by atoms with Crippen LogP contribution in [-0.2, 0) is 27.8 Å². The van der Waals surface area contributed by atoms with Gasteiger partial charge in [0.2, 0.25) is 0 Å². The van der Waals surface area contributed by atoms with E-state index in [1.165, 1.54) is 35.2 Å². The molecule has 1 aromatic heterocycles. The Labute approximate surface area is 318 Å². The molecule has 0 amide bonds. The van der Waals surface area contributed by atoms with E-state index in [0.717, 1.165) is 87.9 Å². The van der Waals surface area contributed by atoms with Gasteiger partial charge >= 0.3 is 5.97 Å². The number of benzene rings is 2. The lowest BCUT2D eigenvalue weighted by Crippen LogP contribution is -2.53. The molecule has 1 saturated carbocycles. The van der Waals surface area contributed by atoms with E-state index in [2.05, 4.69) is 41.2 Å². The minimum absolute atomic E-state index is 0.180. The average Bonchev–Trinajstić information content (AvgIpc) is 3.28. The van der Waals surface area contributed by atoms with Gasteiger partial charge in [0.05, 0.1) is 33.0 Å². The topological polar surface area (TPSA) is 102 Å². The normalized spacial score (nSPS) is 28.8. The Hall–Kier alpha value is -3.53. The first-order chi connectivity index (χ1) is 25.7. The molecule has 5 aliphatic rings. The molecule has 3 aliphatic carbocycles. The van der Waals surface area contributed by atoms with Gasteiger partial charge in [-0.1, -0.05) is 31.5 Å². The summed E-state index contributed by atoms with van der Waals surface area (Å²) >= 11 is 6.31. The molecular weight excluding hydrogens is 690 g/mol. The Balaban J connectivity index is 1.04. The van der Waals surface area contributed by atoms with Gasteiger partial charge in [0.25, 0.3) is 0 Å². The van der Waals surface area contributed by atoms with Crippen molar-refractivity contribution in [3.05, 3.63) is 76.1 Å². The summed E-state index contributed by atoms with van der Waals surface area (Å²) < 4.78 is 25.2. The number of aryl methyl sites for hydroxylation is 1. The lowest BCUT2D eigenvalue weighted by molar-refractivity contribution is -0.144. The van der Waals surface area contributed by atoms with E-state index in [1.807, 2.05) is 36.5 Å². The van der Waals surface area contributed by atoms with Crippen molar-refractivity contribution in [2.75, 3.05) is 58.0 Å². The summed E-state index contributed by atoms with van der Waals surface area (Å²) in [6.45, 7) is 10.8. The highest BCUT2D eigenvalue weighted by Crippen LogP contribution is 2.58. The van der Waals surface area contributed by atoms with E-state index >= 15 is 0 Å². The molecule has 0 radical (unpaired) electrons. The number of ether oxygens (including phenoxy) is 4. The number of halogens is 1. The maximum atomic E-state index is 13.1. The Morgan fingerprint density at radius 1 is 1.09 bits per heavy atom. The number of carbonyl (C=O) groups is 1. The number of aliphatic carboxylic acids is 1. The van der Waals surface area contributed by atoms with Crippen molar-refractivity contribution in [3.63, 3.8) is 0 Å². The number of hydrogen-bond donors (Lipinski definition) is 2. The monoisotopic (exact) mass is 743 g/mol. The van der Waals surface area contributed by atoms with Crippen molar-refractivity contribution in [3.8, 4) is 17.2 Å². The first-order valence-corrected chi connectivity index (χ1v) is 20.2. The molecule has 1 unspecified atom stereocenters. The van der Waals surface area contributed by atoms with Crippen LogP contribution in [-0.4, -0.2) is 79.2 Å². The largest absolute Gasteiger partial charge is 0.493 e.